The number of hydrogen-bond donors (Lipinski definition) is 1. The number of nitrogens with zero attached hydrogens (tertiary/aromatic N) is 1. The minimum absolute atomic E-state index is 0.0670. The molecule has 1 amide bonds. The van der Waals surface area contributed by atoms with E-state index >= 15 is 0 Å². The summed E-state index contributed by atoms with van der Waals surface area (Å²) in [6.07, 6.45) is 2.57. The molecule has 0 spiro atoms. The normalized spacial score (nSPS) is 10.5. The molecular weight excluding hydrogens is 391 g/mol. The average molecular weight is 404 g/mol. The summed E-state index contributed by atoms with van der Waals surface area (Å²) in [6.45, 7) is 2.07. The highest BCUT2D eigenvalue weighted by molar-refractivity contribution is 9.10. The monoisotopic (exact) mass is 402 g/mol. The molecule has 116 valence electrons. The third-order valence-corrected chi connectivity index (χ3v) is 4.69. The molecule has 1 N–H and O–H groups in total. The van der Waals surface area contributed by atoms with Crippen LogP contribution in [0.1, 0.15) is 23.7 Å². The van der Waals surface area contributed by atoms with Gasteiger partial charge in [0.15, 0.2) is 0 Å². The van der Waals surface area contributed by atoms with Gasteiger partial charge in [0, 0.05) is 10.7 Å². The Bertz CT molecular complexity index is 679. The number of rotatable bonds is 5. The van der Waals surface area contributed by atoms with Crippen LogP contribution in [0.3, 0.4) is 0 Å². The van der Waals surface area contributed by atoms with Gasteiger partial charge in [0.2, 0.25) is 0 Å². The van der Waals surface area contributed by atoms with Gasteiger partial charge in [0.1, 0.15) is 11.6 Å². The van der Waals surface area contributed by atoms with Crippen LogP contribution in [-0.4, -0.2) is 16.6 Å². The lowest BCUT2D eigenvalue weighted by Crippen LogP contribution is -2.16. The summed E-state index contributed by atoms with van der Waals surface area (Å²) in [6, 6.07) is 5.99. The predicted molar refractivity (Wildman–Crippen MR) is 92.3 cm³/mol. The number of thioether (sulfide) groups is 1. The Balaban J connectivity index is 2.28. The lowest BCUT2D eigenvalue weighted by Gasteiger charge is -2.11. The number of halogens is 3. The maximum atomic E-state index is 13.8. The van der Waals surface area contributed by atoms with Crippen LogP contribution < -0.4 is 5.32 Å². The van der Waals surface area contributed by atoms with Crippen molar-refractivity contribution >= 4 is 51.0 Å². The molecule has 1 heterocycles. The second kappa shape index (κ2) is 7.94. The van der Waals surface area contributed by atoms with Gasteiger partial charge in [-0.15, -0.1) is 11.8 Å². The Labute approximate surface area is 145 Å². The smallest absolute Gasteiger partial charge is 0.261 e. The molecule has 0 aliphatic carbocycles. The van der Waals surface area contributed by atoms with E-state index < -0.39 is 11.7 Å². The maximum Gasteiger partial charge on any atom is 0.261 e. The Kier molecular flexibility index (Phi) is 6.23. The van der Waals surface area contributed by atoms with Crippen LogP contribution in [0, 0.1) is 5.82 Å². The summed E-state index contributed by atoms with van der Waals surface area (Å²) in [4.78, 5) is 17.3. The first-order chi connectivity index (χ1) is 10.5. The van der Waals surface area contributed by atoms with Crippen LogP contribution in [0.4, 0.5) is 10.2 Å². The molecule has 2 rings (SSSR count). The van der Waals surface area contributed by atoms with E-state index in [9.17, 15) is 9.18 Å². The van der Waals surface area contributed by atoms with Gasteiger partial charge in [0.05, 0.1) is 15.5 Å². The summed E-state index contributed by atoms with van der Waals surface area (Å²) in [5.74, 6) is 0.00803. The molecule has 1 aromatic carbocycles. The zero-order chi connectivity index (χ0) is 16.1. The molecular formula is C15H13BrClFN2OS. The minimum atomic E-state index is -0.662. The minimum Gasteiger partial charge on any atom is -0.305 e. The first-order valence-corrected chi connectivity index (χ1v) is 8.72. The van der Waals surface area contributed by atoms with Crippen molar-refractivity contribution in [3.8, 4) is 0 Å². The topological polar surface area (TPSA) is 42.0 Å². The van der Waals surface area contributed by atoms with Gasteiger partial charge in [-0.2, -0.15) is 0 Å². The third-order valence-electron chi connectivity index (χ3n) is 2.70. The molecule has 0 aliphatic rings. The van der Waals surface area contributed by atoms with Crippen LogP contribution in [0.15, 0.2) is 39.8 Å². The average Bonchev–Trinajstić information content (AvgIpc) is 2.47. The van der Waals surface area contributed by atoms with Crippen molar-refractivity contribution in [1.82, 2.24) is 4.98 Å². The van der Waals surface area contributed by atoms with Crippen molar-refractivity contribution in [3.63, 3.8) is 0 Å². The standard InChI is InChI=1S/C15H13BrClFN2OS/c1-2-6-22-12-7-9(16)8-19-14(12)20-15(21)13-10(17)4-3-5-11(13)18/h3-5,7-8H,2,6H2,1H3,(H,19,20,21). The fourth-order valence-corrected chi connectivity index (χ4v) is 3.33. The molecule has 7 heteroatoms. The molecule has 22 heavy (non-hydrogen) atoms. The number of anilines is 1. The summed E-state index contributed by atoms with van der Waals surface area (Å²) in [5, 5.41) is 2.70. The first kappa shape index (κ1) is 17.2. The highest BCUT2D eigenvalue weighted by Crippen LogP contribution is 2.29. The molecule has 0 fully saturated rings. The summed E-state index contributed by atoms with van der Waals surface area (Å²) < 4.78 is 14.6. The summed E-state index contributed by atoms with van der Waals surface area (Å²) in [5.41, 5.74) is -0.180. The third kappa shape index (κ3) is 4.21. The number of pyridine rings is 1. The van der Waals surface area contributed by atoms with Gasteiger partial charge in [-0.1, -0.05) is 24.6 Å². The highest BCUT2D eigenvalue weighted by atomic mass is 79.9. The van der Waals surface area contributed by atoms with E-state index in [2.05, 4.69) is 33.2 Å². The molecule has 0 unspecified atom stereocenters. The fraction of sp³-hybridized carbons (Fsp3) is 0.200. The molecule has 0 saturated carbocycles. The summed E-state index contributed by atoms with van der Waals surface area (Å²) >= 11 is 10.8. The van der Waals surface area contributed by atoms with Crippen molar-refractivity contribution < 1.29 is 9.18 Å². The van der Waals surface area contributed by atoms with Crippen LogP contribution in [0.5, 0.6) is 0 Å². The van der Waals surface area contributed by atoms with Crippen LogP contribution in [0.25, 0.3) is 0 Å². The highest BCUT2D eigenvalue weighted by Gasteiger charge is 2.18. The number of carbonyl (C=O) groups is 1. The van der Waals surface area contributed by atoms with Gasteiger partial charge in [0.25, 0.3) is 5.91 Å². The van der Waals surface area contributed by atoms with E-state index in [1.54, 1.807) is 18.0 Å². The van der Waals surface area contributed by atoms with E-state index in [0.29, 0.717) is 5.82 Å². The number of amides is 1. The van der Waals surface area contributed by atoms with E-state index in [-0.39, 0.29) is 10.6 Å². The largest absolute Gasteiger partial charge is 0.305 e. The molecule has 0 bridgehead atoms. The molecule has 0 saturated heterocycles. The Hall–Kier alpha value is -1.11. The number of aromatic nitrogens is 1. The van der Waals surface area contributed by atoms with Crippen LogP contribution >= 0.6 is 39.3 Å². The van der Waals surface area contributed by atoms with Crippen molar-refractivity contribution in [1.29, 1.82) is 0 Å². The zero-order valence-electron chi connectivity index (χ0n) is 11.7. The predicted octanol–water partition coefficient (Wildman–Crippen LogP) is 5.39. The molecule has 0 aliphatic heterocycles. The number of hydrogen-bond acceptors (Lipinski definition) is 3. The van der Waals surface area contributed by atoms with E-state index in [1.165, 1.54) is 18.2 Å². The van der Waals surface area contributed by atoms with E-state index in [1.807, 2.05) is 6.07 Å². The zero-order valence-corrected chi connectivity index (χ0v) is 14.9. The van der Waals surface area contributed by atoms with E-state index in [4.69, 9.17) is 11.6 Å². The van der Waals surface area contributed by atoms with Crippen molar-refractivity contribution in [2.75, 3.05) is 11.1 Å². The first-order valence-electron chi connectivity index (χ1n) is 6.56. The van der Waals surface area contributed by atoms with Gasteiger partial charge < -0.3 is 5.32 Å². The van der Waals surface area contributed by atoms with Crippen molar-refractivity contribution in [2.24, 2.45) is 0 Å². The van der Waals surface area contributed by atoms with Gasteiger partial charge in [-0.25, -0.2) is 9.37 Å². The maximum absolute atomic E-state index is 13.8. The SMILES string of the molecule is CCCSc1cc(Br)cnc1NC(=O)c1c(F)cccc1Cl. The molecule has 0 atom stereocenters. The fourth-order valence-electron chi connectivity index (χ4n) is 1.72. The lowest BCUT2D eigenvalue weighted by molar-refractivity contribution is 0.102. The number of benzene rings is 1. The molecule has 0 radical (unpaired) electrons. The molecule has 1 aromatic heterocycles. The Morgan fingerprint density at radius 1 is 1.50 bits per heavy atom. The Morgan fingerprint density at radius 2 is 2.27 bits per heavy atom. The second-order valence-electron chi connectivity index (χ2n) is 4.40. The van der Waals surface area contributed by atoms with Crippen molar-refractivity contribution in [3.05, 3.63) is 51.3 Å². The van der Waals surface area contributed by atoms with Gasteiger partial charge in [-0.05, 0) is 46.3 Å². The molecule has 3 nitrogen and oxygen atoms in total. The van der Waals surface area contributed by atoms with E-state index in [0.717, 1.165) is 21.5 Å². The van der Waals surface area contributed by atoms with Gasteiger partial charge >= 0.3 is 0 Å². The Morgan fingerprint density at radius 3 is 2.95 bits per heavy atom. The lowest BCUT2D eigenvalue weighted by atomic mass is 10.2. The number of nitrogens with one attached hydrogen (secondary N) is 1. The van der Waals surface area contributed by atoms with Crippen molar-refractivity contribution in [2.45, 2.75) is 18.2 Å². The summed E-state index contributed by atoms with van der Waals surface area (Å²) in [7, 11) is 0. The van der Waals surface area contributed by atoms with Crippen LogP contribution in [-0.2, 0) is 0 Å². The molecule has 2 aromatic rings. The number of carbonyl (C=O) groups excluding carboxylic acids is 1. The van der Waals surface area contributed by atoms with Crippen LogP contribution in [0.2, 0.25) is 5.02 Å². The van der Waals surface area contributed by atoms with Gasteiger partial charge in [-0.3, -0.25) is 4.79 Å². The quantitative estimate of drug-likeness (QED) is 0.680. The second-order valence-corrected chi connectivity index (χ2v) is 6.86.